The van der Waals surface area contributed by atoms with Gasteiger partial charge in [-0.05, 0) is 44.0 Å². The molecule has 1 aromatic carbocycles. The molecular formula is C18H25FN4O. The molecule has 0 saturated carbocycles. The number of nitriles is 1. The summed E-state index contributed by atoms with van der Waals surface area (Å²) in [6, 6.07) is 6.47. The lowest BCUT2D eigenvalue weighted by Gasteiger charge is -2.33. The zero-order chi connectivity index (χ0) is 17.4. The average Bonchev–Trinajstić information content (AvgIpc) is 2.61. The van der Waals surface area contributed by atoms with Crippen LogP contribution >= 0.6 is 0 Å². The Labute approximate surface area is 142 Å². The normalized spacial score (nSPS) is 15.1. The highest BCUT2D eigenvalue weighted by Gasteiger charge is 2.26. The quantitative estimate of drug-likeness (QED) is 0.750. The molecule has 0 bridgehead atoms. The predicted molar refractivity (Wildman–Crippen MR) is 92.2 cm³/mol. The number of nitrogens with one attached hydrogen (secondary N) is 2. The highest BCUT2D eigenvalue weighted by Crippen LogP contribution is 2.26. The third-order valence-electron chi connectivity index (χ3n) is 4.31. The Morgan fingerprint density at radius 2 is 2.08 bits per heavy atom. The van der Waals surface area contributed by atoms with Crippen LogP contribution in [0.1, 0.15) is 31.7 Å². The summed E-state index contributed by atoms with van der Waals surface area (Å²) in [5.74, 6) is -0.291. The van der Waals surface area contributed by atoms with Crippen LogP contribution in [0.4, 0.5) is 10.1 Å². The number of carbonyl (C=O) groups is 1. The minimum atomic E-state index is -0.376. The van der Waals surface area contributed by atoms with E-state index in [2.05, 4.69) is 17.6 Å². The van der Waals surface area contributed by atoms with Crippen LogP contribution in [0.2, 0.25) is 0 Å². The minimum absolute atomic E-state index is 0.00568. The van der Waals surface area contributed by atoms with Gasteiger partial charge in [-0.15, -0.1) is 0 Å². The fraction of sp³-hybridized carbons (Fsp3) is 0.556. The molecule has 6 heteroatoms. The Morgan fingerprint density at radius 1 is 1.33 bits per heavy atom. The first-order chi connectivity index (χ1) is 11.7. The summed E-state index contributed by atoms with van der Waals surface area (Å²) >= 11 is 0. The SMILES string of the molecule is CCCNCCNC(=O)C1CCN(c2ccc(C#N)cc2F)CC1. The molecule has 1 aliphatic rings. The third-order valence-corrected chi connectivity index (χ3v) is 4.31. The number of hydrogen-bond donors (Lipinski definition) is 2. The number of benzene rings is 1. The lowest BCUT2D eigenvalue weighted by atomic mass is 9.95. The Kier molecular flexibility index (Phi) is 7.01. The molecule has 5 nitrogen and oxygen atoms in total. The van der Waals surface area contributed by atoms with Gasteiger partial charge in [-0.1, -0.05) is 6.92 Å². The molecule has 1 aromatic rings. The molecule has 0 spiro atoms. The number of carbonyl (C=O) groups excluding carboxylic acids is 1. The fourth-order valence-corrected chi connectivity index (χ4v) is 2.94. The zero-order valence-corrected chi connectivity index (χ0v) is 14.1. The summed E-state index contributed by atoms with van der Waals surface area (Å²) in [5.41, 5.74) is 0.832. The third kappa shape index (κ3) is 4.93. The second kappa shape index (κ2) is 9.24. The van der Waals surface area contributed by atoms with Gasteiger partial charge in [0.2, 0.25) is 5.91 Å². The molecule has 1 heterocycles. The molecule has 2 N–H and O–H groups in total. The number of amides is 1. The molecule has 1 aliphatic heterocycles. The molecule has 1 saturated heterocycles. The fourth-order valence-electron chi connectivity index (χ4n) is 2.94. The van der Waals surface area contributed by atoms with Crippen molar-refractivity contribution in [3.05, 3.63) is 29.6 Å². The average molecular weight is 332 g/mol. The predicted octanol–water partition coefficient (Wildman–Crippen LogP) is 2.03. The van der Waals surface area contributed by atoms with Crippen LogP contribution < -0.4 is 15.5 Å². The van der Waals surface area contributed by atoms with Gasteiger partial charge in [0.05, 0.1) is 17.3 Å². The van der Waals surface area contributed by atoms with Crippen LogP contribution in [0.3, 0.4) is 0 Å². The Balaban J connectivity index is 1.79. The van der Waals surface area contributed by atoms with E-state index >= 15 is 0 Å². The van der Waals surface area contributed by atoms with Crippen molar-refractivity contribution in [2.45, 2.75) is 26.2 Å². The van der Waals surface area contributed by atoms with E-state index in [0.717, 1.165) is 19.5 Å². The number of hydrogen-bond acceptors (Lipinski definition) is 4. The molecular weight excluding hydrogens is 307 g/mol. The van der Waals surface area contributed by atoms with Gasteiger partial charge in [0, 0.05) is 32.1 Å². The number of halogens is 1. The summed E-state index contributed by atoms with van der Waals surface area (Å²) in [4.78, 5) is 14.1. The van der Waals surface area contributed by atoms with Gasteiger partial charge in [0.15, 0.2) is 0 Å². The largest absolute Gasteiger partial charge is 0.369 e. The van der Waals surface area contributed by atoms with Crippen molar-refractivity contribution < 1.29 is 9.18 Å². The van der Waals surface area contributed by atoms with E-state index in [9.17, 15) is 9.18 Å². The summed E-state index contributed by atoms with van der Waals surface area (Å²) in [6.07, 6.45) is 2.51. The van der Waals surface area contributed by atoms with Crippen molar-refractivity contribution in [1.29, 1.82) is 5.26 Å². The van der Waals surface area contributed by atoms with Crippen LogP contribution in [-0.2, 0) is 4.79 Å². The van der Waals surface area contributed by atoms with Crippen molar-refractivity contribution in [2.24, 2.45) is 5.92 Å². The Hall–Kier alpha value is -2.13. The first-order valence-corrected chi connectivity index (χ1v) is 8.58. The number of rotatable bonds is 7. The first-order valence-electron chi connectivity index (χ1n) is 8.58. The summed E-state index contributed by atoms with van der Waals surface area (Å²) in [6.45, 7) is 5.79. The van der Waals surface area contributed by atoms with E-state index < -0.39 is 0 Å². The maximum Gasteiger partial charge on any atom is 0.223 e. The molecule has 1 fully saturated rings. The van der Waals surface area contributed by atoms with Crippen molar-refractivity contribution >= 4 is 11.6 Å². The van der Waals surface area contributed by atoms with Gasteiger partial charge in [-0.25, -0.2) is 4.39 Å². The summed E-state index contributed by atoms with van der Waals surface area (Å²) in [7, 11) is 0. The number of piperidine rings is 1. The molecule has 0 radical (unpaired) electrons. The van der Waals surface area contributed by atoms with E-state index in [1.165, 1.54) is 6.07 Å². The van der Waals surface area contributed by atoms with Crippen LogP contribution in [0.25, 0.3) is 0 Å². The van der Waals surface area contributed by atoms with Gasteiger partial charge in [-0.3, -0.25) is 4.79 Å². The van der Waals surface area contributed by atoms with Crippen LogP contribution in [0, 0.1) is 23.1 Å². The Bertz CT molecular complexity index is 591. The van der Waals surface area contributed by atoms with E-state index in [-0.39, 0.29) is 17.6 Å². The van der Waals surface area contributed by atoms with Crippen molar-refractivity contribution in [1.82, 2.24) is 10.6 Å². The highest BCUT2D eigenvalue weighted by atomic mass is 19.1. The first kappa shape index (κ1) is 18.2. The zero-order valence-electron chi connectivity index (χ0n) is 14.1. The van der Waals surface area contributed by atoms with Gasteiger partial charge < -0.3 is 15.5 Å². The second-order valence-corrected chi connectivity index (χ2v) is 6.08. The van der Waals surface area contributed by atoms with Gasteiger partial charge in [-0.2, -0.15) is 5.26 Å². The monoisotopic (exact) mass is 332 g/mol. The van der Waals surface area contributed by atoms with Crippen molar-refractivity contribution in [3.8, 4) is 6.07 Å². The maximum absolute atomic E-state index is 14.1. The molecule has 0 aromatic heterocycles. The van der Waals surface area contributed by atoms with E-state index in [1.54, 1.807) is 12.1 Å². The van der Waals surface area contributed by atoms with Crippen LogP contribution in [0.5, 0.6) is 0 Å². The van der Waals surface area contributed by atoms with Gasteiger partial charge in [0.1, 0.15) is 5.82 Å². The molecule has 0 atom stereocenters. The van der Waals surface area contributed by atoms with Gasteiger partial charge >= 0.3 is 0 Å². The maximum atomic E-state index is 14.1. The second-order valence-electron chi connectivity index (χ2n) is 6.08. The van der Waals surface area contributed by atoms with E-state index in [0.29, 0.717) is 43.7 Å². The van der Waals surface area contributed by atoms with Crippen molar-refractivity contribution in [3.63, 3.8) is 0 Å². The highest BCUT2D eigenvalue weighted by molar-refractivity contribution is 5.79. The van der Waals surface area contributed by atoms with E-state index in [4.69, 9.17) is 5.26 Å². The molecule has 2 rings (SSSR count). The molecule has 0 unspecified atom stereocenters. The number of anilines is 1. The van der Waals surface area contributed by atoms with Gasteiger partial charge in [0.25, 0.3) is 0 Å². The molecule has 1 amide bonds. The minimum Gasteiger partial charge on any atom is -0.369 e. The summed E-state index contributed by atoms with van der Waals surface area (Å²) in [5, 5.41) is 15.0. The standard InChI is InChI=1S/C18H25FN4O/c1-2-7-21-8-9-22-18(24)15-5-10-23(11-6-15)17-4-3-14(13-20)12-16(17)19/h3-4,12,15,21H,2,5-11H2,1H3,(H,22,24). The molecule has 0 aliphatic carbocycles. The smallest absolute Gasteiger partial charge is 0.223 e. The summed E-state index contributed by atoms with van der Waals surface area (Å²) < 4.78 is 14.1. The molecule has 24 heavy (non-hydrogen) atoms. The van der Waals surface area contributed by atoms with E-state index in [1.807, 2.05) is 11.0 Å². The topological polar surface area (TPSA) is 68.2 Å². The lowest BCUT2D eigenvalue weighted by molar-refractivity contribution is -0.125. The Morgan fingerprint density at radius 3 is 2.71 bits per heavy atom. The molecule has 130 valence electrons. The number of nitrogens with zero attached hydrogens (tertiary/aromatic N) is 2. The van der Waals surface area contributed by atoms with Crippen LogP contribution in [0.15, 0.2) is 18.2 Å². The lowest BCUT2D eigenvalue weighted by Crippen LogP contribution is -2.42. The van der Waals surface area contributed by atoms with Crippen molar-refractivity contribution in [2.75, 3.05) is 37.6 Å². The van der Waals surface area contributed by atoms with Crippen LogP contribution in [-0.4, -0.2) is 38.6 Å².